The van der Waals surface area contributed by atoms with Crippen molar-refractivity contribution in [1.29, 1.82) is 0 Å². The van der Waals surface area contributed by atoms with Crippen LogP contribution in [-0.4, -0.2) is 5.01 Å². The molecule has 2 unspecified atom stereocenters. The Kier molecular flexibility index (Phi) is 1.05. The van der Waals surface area contributed by atoms with Crippen LogP contribution < -0.4 is 5.84 Å². The van der Waals surface area contributed by atoms with Crippen LogP contribution in [0, 0.1) is 0 Å². The van der Waals surface area contributed by atoms with Gasteiger partial charge in [0.05, 0.1) is 12.1 Å². The fourth-order valence-corrected chi connectivity index (χ4v) is 2.16. The number of fused-ring (bicyclic) bond motifs is 5. The fourth-order valence-electron chi connectivity index (χ4n) is 2.16. The number of nitrogens with zero attached hydrogens (tertiary/aromatic N) is 1. The maximum absolute atomic E-state index is 5.91. The molecule has 0 aliphatic carbocycles. The van der Waals surface area contributed by atoms with Gasteiger partial charge in [0.25, 0.3) is 0 Å². The Morgan fingerprint density at radius 2 is 1.50 bits per heavy atom. The molecule has 2 aliphatic rings. The molecule has 2 nitrogen and oxygen atoms in total. The molecular formula is C10H10N2. The van der Waals surface area contributed by atoms with E-state index >= 15 is 0 Å². The number of benzene rings is 1. The van der Waals surface area contributed by atoms with E-state index in [9.17, 15) is 0 Å². The third-order valence-electron chi connectivity index (χ3n) is 2.75. The van der Waals surface area contributed by atoms with Crippen LogP contribution in [0.2, 0.25) is 0 Å². The summed E-state index contributed by atoms with van der Waals surface area (Å²) < 4.78 is 0. The summed E-state index contributed by atoms with van der Waals surface area (Å²) in [6.45, 7) is 0. The molecule has 0 saturated carbocycles. The minimum Gasteiger partial charge on any atom is -0.267 e. The topological polar surface area (TPSA) is 29.3 Å². The van der Waals surface area contributed by atoms with Crippen LogP contribution in [0.1, 0.15) is 23.2 Å². The first-order valence-corrected chi connectivity index (χ1v) is 4.18. The molecule has 3 rings (SSSR count). The first-order valence-electron chi connectivity index (χ1n) is 4.18. The van der Waals surface area contributed by atoms with Crippen molar-refractivity contribution >= 4 is 0 Å². The van der Waals surface area contributed by atoms with E-state index in [4.69, 9.17) is 5.84 Å². The van der Waals surface area contributed by atoms with Gasteiger partial charge in [-0.3, -0.25) is 5.84 Å². The average molecular weight is 158 g/mol. The standard InChI is InChI=1S/C10H10N2/c11-12-9-5-6-10(12)8-4-2-1-3-7(8)9/h1-6,9-10H,11H2. The Morgan fingerprint density at radius 1 is 1.00 bits per heavy atom. The number of hydrazine groups is 1. The minimum atomic E-state index is 0.325. The summed E-state index contributed by atoms with van der Waals surface area (Å²) in [7, 11) is 0. The molecule has 2 heterocycles. The first-order chi connectivity index (χ1) is 5.88. The van der Waals surface area contributed by atoms with Crippen LogP contribution in [0.4, 0.5) is 0 Å². The summed E-state index contributed by atoms with van der Waals surface area (Å²) in [5.41, 5.74) is 2.74. The van der Waals surface area contributed by atoms with E-state index in [-0.39, 0.29) is 0 Å². The molecule has 0 amide bonds. The molecular weight excluding hydrogens is 148 g/mol. The smallest absolute Gasteiger partial charge is 0.0685 e. The van der Waals surface area contributed by atoms with Gasteiger partial charge in [-0.05, 0) is 11.1 Å². The Bertz CT molecular complexity index is 324. The van der Waals surface area contributed by atoms with Crippen molar-refractivity contribution in [1.82, 2.24) is 5.01 Å². The zero-order valence-electron chi connectivity index (χ0n) is 6.64. The highest BCUT2D eigenvalue weighted by atomic mass is 15.5. The van der Waals surface area contributed by atoms with Gasteiger partial charge in [-0.25, -0.2) is 5.01 Å². The van der Waals surface area contributed by atoms with Gasteiger partial charge in [0, 0.05) is 0 Å². The van der Waals surface area contributed by atoms with Crippen molar-refractivity contribution in [2.24, 2.45) is 5.84 Å². The lowest BCUT2D eigenvalue weighted by atomic mass is 9.97. The second-order valence-electron chi connectivity index (χ2n) is 3.35. The van der Waals surface area contributed by atoms with Gasteiger partial charge in [-0.2, -0.15) is 0 Å². The molecule has 2 bridgehead atoms. The highest BCUT2D eigenvalue weighted by molar-refractivity contribution is 5.45. The lowest BCUT2D eigenvalue weighted by Gasteiger charge is -2.13. The summed E-state index contributed by atoms with van der Waals surface area (Å²) >= 11 is 0. The van der Waals surface area contributed by atoms with Crippen LogP contribution in [-0.2, 0) is 0 Å². The molecule has 0 fully saturated rings. The number of hydrogen-bond acceptors (Lipinski definition) is 2. The third kappa shape index (κ3) is 0.578. The van der Waals surface area contributed by atoms with E-state index in [0.29, 0.717) is 12.1 Å². The van der Waals surface area contributed by atoms with Crippen molar-refractivity contribution in [2.75, 3.05) is 0 Å². The second kappa shape index (κ2) is 1.97. The SMILES string of the molecule is NN1C2C=CC1c1ccccc12. The van der Waals surface area contributed by atoms with Crippen LogP contribution in [0.5, 0.6) is 0 Å². The molecule has 2 N–H and O–H groups in total. The van der Waals surface area contributed by atoms with Gasteiger partial charge >= 0.3 is 0 Å². The van der Waals surface area contributed by atoms with Crippen LogP contribution >= 0.6 is 0 Å². The molecule has 0 saturated heterocycles. The Morgan fingerprint density at radius 3 is 2.00 bits per heavy atom. The molecule has 0 aromatic heterocycles. The Labute approximate surface area is 71.3 Å². The van der Waals surface area contributed by atoms with Gasteiger partial charge in [0.15, 0.2) is 0 Å². The fraction of sp³-hybridized carbons (Fsp3) is 0.200. The first kappa shape index (κ1) is 6.40. The second-order valence-corrected chi connectivity index (χ2v) is 3.35. The Balaban J connectivity index is 2.25. The molecule has 1 aromatic carbocycles. The van der Waals surface area contributed by atoms with Crippen LogP contribution in [0.3, 0.4) is 0 Å². The largest absolute Gasteiger partial charge is 0.267 e. The van der Waals surface area contributed by atoms with Crippen molar-refractivity contribution in [3.8, 4) is 0 Å². The van der Waals surface area contributed by atoms with Gasteiger partial charge in [-0.1, -0.05) is 36.4 Å². The summed E-state index contributed by atoms with van der Waals surface area (Å²) in [4.78, 5) is 0. The summed E-state index contributed by atoms with van der Waals surface area (Å²) in [6, 6.07) is 9.10. The quantitative estimate of drug-likeness (QED) is 0.458. The maximum atomic E-state index is 5.91. The lowest BCUT2D eigenvalue weighted by molar-refractivity contribution is 0.247. The molecule has 2 heteroatoms. The molecule has 1 aromatic rings. The van der Waals surface area contributed by atoms with Gasteiger partial charge in [0.1, 0.15) is 0 Å². The molecule has 0 spiro atoms. The molecule has 2 atom stereocenters. The van der Waals surface area contributed by atoms with E-state index in [0.717, 1.165) is 0 Å². The van der Waals surface area contributed by atoms with Crippen molar-refractivity contribution < 1.29 is 0 Å². The number of hydrogen-bond donors (Lipinski definition) is 1. The normalized spacial score (nSPS) is 31.1. The van der Waals surface area contributed by atoms with Gasteiger partial charge < -0.3 is 0 Å². The van der Waals surface area contributed by atoms with E-state index < -0.39 is 0 Å². The van der Waals surface area contributed by atoms with Crippen molar-refractivity contribution in [2.45, 2.75) is 12.1 Å². The average Bonchev–Trinajstić information content (AvgIpc) is 2.61. The third-order valence-corrected chi connectivity index (χ3v) is 2.75. The van der Waals surface area contributed by atoms with Gasteiger partial charge in [-0.15, -0.1) is 0 Å². The monoisotopic (exact) mass is 158 g/mol. The molecule has 12 heavy (non-hydrogen) atoms. The van der Waals surface area contributed by atoms with Crippen molar-refractivity contribution in [3.63, 3.8) is 0 Å². The zero-order chi connectivity index (χ0) is 8.13. The van der Waals surface area contributed by atoms with Crippen LogP contribution in [0.15, 0.2) is 36.4 Å². The summed E-state index contributed by atoms with van der Waals surface area (Å²) in [5, 5.41) is 1.91. The highest BCUT2D eigenvalue weighted by Crippen LogP contribution is 2.45. The summed E-state index contributed by atoms with van der Waals surface area (Å²) in [6.07, 6.45) is 4.35. The van der Waals surface area contributed by atoms with Crippen LogP contribution in [0.25, 0.3) is 0 Å². The van der Waals surface area contributed by atoms with E-state index in [1.54, 1.807) is 0 Å². The Hall–Kier alpha value is -1.12. The van der Waals surface area contributed by atoms with E-state index in [1.807, 2.05) is 5.01 Å². The molecule has 60 valence electrons. The number of nitrogens with two attached hydrogens (primary N) is 1. The highest BCUT2D eigenvalue weighted by Gasteiger charge is 2.37. The zero-order valence-corrected chi connectivity index (χ0v) is 6.64. The predicted octanol–water partition coefficient (Wildman–Crippen LogP) is 1.53. The number of rotatable bonds is 0. The lowest BCUT2D eigenvalue weighted by Crippen LogP contribution is -2.27. The molecule has 2 aliphatic heterocycles. The van der Waals surface area contributed by atoms with E-state index in [2.05, 4.69) is 36.4 Å². The minimum absolute atomic E-state index is 0.325. The van der Waals surface area contributed by atoms with Crippen molar-refractivity contribution in [3.05, 3.63) is 47.5 Å². The maximum Gasteiger partial charge on any atom is 0.0685 e. The molecule has 0 radical (unpaired) electrons. The summed E-state index contributed by atoms with van der Waals surface area (Å²) in [5.74, 6) is 5.91. The predicted molar refractivity (Wildman–Crippen MR) is 47.1 cm³/mol. The van der Waals surface area contributed by atoms with E-state index in [1.165, 1.54) is 11.1 Å². The van der Waals surface area contributed by atoms with Gasteiger partial charge in [0.2, 0.25) is 0 Å².